The van der Waals surface area contributed by atoms with Crippen molar-refractivity contribution in [3.63, 3.8) is 0 Å². The third kappa shape index (κ3) is 6.02. The molecule has 0 spiro atoms. The third-order valence-electron chi connectivity index (χ3n) is 3.69. The van der Waals surface area contributed by atoms with E-state index in [9.17, 15) is 4.79 Å². The molecule has 0 heterocycles. The van der Waals surface area contributed by atoms with Crippen molar-refractivity contribution in [2.24, 2.45) is 11.8 Å². The highest BCUT2D eigenvalue weighted by atomic mass is 35.5. The molecule has 0 amide bonds. The van der Waals surface area contributed by atoms with E-state index in [-0.39, 0.29) is 23.5 Å². The average Bonchev–Trinajstić information content (AvgIpc) is 2.51. The summed E-state index contributed by atoms with van der Waals surface area (Å²) in [6.45, 7) is 3.41. The summed E-state index contributed by atoms with van der Waals surface area (Å²) in [6, 6.07) is 9.95. The minimum Gasteiger partial charge on any atom is -0.495 e. The van der Waals surface area contributed by atoms with E-state index >= 15 is 0 Å². The van der Waals surface area contributed by atoms with E-state index in [1.807, 2.05) is 43.3 Å². The van der Waals surface area contributed by atoms with E-state index in [0.717, 1.165) is 5.56 Å². The minimum absolute atomic E-state index is 0.0726. The van der Waals surface area contributed by atoms with E-state index in [1.54, 1.807) is 6.08 Å². The standard InChI is InChI=1S/C18H20Cl2O3/c1-13-9-15(19)10-17(16(13)11-18(20)21)23-8-7-22-12-14-5-3-2-4-6-14/h2-6,9-10,13,16H,7-8,11-12H2,1H3. The van der Waals surface area contributed by atoms with Crippen molar-refractivity contribution in [1.82, 2.24) is 0 Å². The quantitative estimate of drug-likeness (QED) is 0.503. The molecule has 1 aromatic carbocycles. The van der Waals surface area contributed by atoms with E-state index in [4.69, 9.17) is 32.7 Å². The van der Waals surface area contributed by atoms with Crippen LogP contribution in [0, 0.1) is 11.8 Å². The molecule has 0 fully saturated rings. The van der Waals surface area contributed by atoms with Crippen LogP contribution >= 0.6 is 23.2 Å². The Labute approximate surface area is 146 Å². The lowest BCUT2D eigenvalue weighted by molar-refractivity contribution is -0.112. The lowest BCUT2D eigenvalue weighted by atomic mass is 9.86. The van der Waals surface area contributed by atoms with Crippen molar-refractivity contribution in [3.8, 4) is 0 Å². The van der Waals surface area contributed by atoms with Gasteiger partial charge in [-0.3, -0.25) is 4.79 Å². The van der Waals surface area contributed by atoms with Gasteiger partial charge >= 0.3 is 0 Å². The Hall–Kier alpha value is -1.29. The maximum atomic E-state index is 11.2. The predicted molar refractivity (Wildman–Crippen MR) is 92.2 cm³/mol. The molecule has 2 rings (SSSR count). The average molecular weight is 355 g/mol. The lowest BCUT2D eigenvalue weighted by Gasteiger charge is -2.27. The van der Waals surface area contributed by atoms with Crippen molar-refractivity contribution in [2.75, 3.05) is 13.2 Å². The van der Waals surface area contributed by atoms with E-state index in [2.05, 4.69) is 0 Å². The van der Waals surface area contributed by atoms with Crippen molar-refractivity contribution >= 4 is 28.4 Å². The number of ether oxygens (including phenoxy) is 2. The third-order valence-corrected chi connectivity index (χ3v) is 4.08. The Morgan fingerprint density at radius 3 is 2.65 bits per heavy atom. The fourth-order valence-electron chi connectivity index (χ4n) is 2.51. The first-order valence-corrected chi connectivity index (χ1v) is 8.33. The first kappa shape index (κ1) is 18.1. The number of carbonyl (C=O) groups excluding carboxylic acids is 1. The summed E-state index contributed by atoms with van der Waals surface area (Å²) in [5, 5.41) is 0.249. The summed E-state index contributed by atoms with van der Waals surface area (Å²) < 4.78 is 11.4. The van der Waals surface area contributed by atoms with Crippen molar-refractivity contribution in [2.45, 2.75) is 20.0 Å². The van der Waals surface area contributed by atoms with Crippen LogP contribution in [-0.2, 0) is 20.9 Å². The van der Waals surface area contributed by atoms with Gasteiger partial charge in [-0.25, -0.2) is 0 Å². The second-order valence-electron chi connectivity index (χ2n) is 5.51. The maximum absolute atomic E-state index is 11.2. The fourth-order valence-corrected chi connectivity index (χ4v) is 2.98. The van der Waals surface area contributed by atoms with Crippen LogP contribution in [0.3, 0.4) is 0 Å². The van der Waals surface area contributed by atoms with Gasteiger partial charge in [0.15, 0.2) is 0 Å². The molecule has 2 unspecified atom stereocenters. The van der Waals surface area contributed by atoms with Gasteiger partial charge < -0.3 is 9.47 Å². The largest absolute Gasteiger partial charge is 0.495 e. The molecule has 0 saturated heterocycles. The molecule has 2 atom stereocenters. The Morgan fingerprint density at radius 2 is 1.96 bits per heavy atom. The first-order valence-electron chi connectivity index (χ1n) is 7.58. The van der Waals surface area contributed by atoms with Crippen molar-refractivity contribution in [3.05, 3.63) is 58.8 Å². The van der Waals surface area contributed by atoms with E-state index < -0.39 is 0 Å². The Morgan fingerprint density at radius 1 is 1.22 bits per heavy atom. The number of hydrogen-bond donors (Lipinski definition) is 0. The Balaban J connectivity index is 1.80. The monoisotopic (exact) mass is 354 g/mol. The molecule has 1 aliphatic rings. The van der Waals surface area contributed by atoms with Crippen LogP contribution in [0.25, 0.3) is 0 Å². The van der Waals surface area contributed by atoms with E-state index in [0.29, 0.717) is 30.6 Å². The molecule has 0 bridgehead atoms. The van der Waals surface area contributed by atoms with Crippen LogP contribution in [0.2, 0.25) is 0 Å². The number of halogens is 2. The topological polar surface area (TPSA) is 35.5 Å². The van der Waals surface area contributed by atoms with Crippen molar-refractivity contribution in [1.29, 1.82) is 0 Å². The Bertz CT molecular complexity index is 581. The van der Waals surface area contributed by atoms with Gasteiger partial charge in [0, 0.05) is 17.4 Å². The normalized spacial score (nSPS) is 20.7. The molecule has 0 aromatic heterocycles. The molecule has 1 aliphatic carbocycles. The lowest BCUT2D eigenvalue weighted by Crippen LogP contribution is -2.21. The second kappa shape index (κ2) is 9.11. The van der Waals surface area contributed by atoms with Crippen LogP contribution in [0.5, 0.6) is 0 Å². The molecule has 1 aromatic rings. The number of carbonyl (C=O) groups is 1. The van der Waals surface area contributed by atoms with Gasteiger partial charge in [-0.15, -0.1) is 0 Å². The zero-order valence-corrected chi connectivity index (χ0v) is 14.5. The number of benzene rings is 1. The Kier molecular flexibility index (Phi) is 7.15. The SMILES string of the molecule is CC1C=C(Cl)C=C(OCCOCc2ccccc2)C1CC(=O)Cl. The molecule has 0 N–H and O–H groups in total. The highest BCUT2D eigenvalue weighted by Crippen LogP contribution is 2.34. The molecule has 0 aliphatic heterocycles. The fraction of sp³-hybridized carbons (Fsp3) is 0.389. The summed E-state index contributed by atoms with van der Waals surface area (Å²) in [7, 11) is 0. The zero-order valence-electron chi connectivity index (χ0n) is 13.0. The van der Waals surface area contributed by atoms with Crippen LogP contribution in [0.4, 0.5) is 0 Å². The highest BCUT2D eigenvalue weighted by molar-refractivity contribution is 6.63. The van der Waals surface area contributed by atoms with Gasteiger partial charge in [-0.1, -0.05) is 54.9 Å². The molecule has 5 heteroatoms. The molecule has 23 heavy (non-hydrogen) atoms. The summed E-state index contributed by atoms with van der Waals surface area (Å²) >= 11 is 11.6. The molecule has 124 valence electrons. The summed E-state index contributed by atoms with van der Waals surface area (Å²) in [4.78, 5) is 11.2. The predicted octanol–water partition coefficient (Wildman–Crippen LogP) is 4.65. The molecular weight excluding hydrogens is 335 g/mol. The van der Waals surface area contributed by atoms with Gasteiger partial charge in [0.1, 0.15) is 12.4 Å². The van der Waals surface area contributed by atoms with Gasteiger partial charge in [-0.05, 0) is 29.2 Å². The van der Waals surface area contributed by atoms with Crippen molar-refractivity contribution < 1.29 is 14.3 Å². The molecule has 0 saturated carbocycles. The van der Waals surface area contributed by atoms with E-state index in [1.165, 1.54) is 0 Å². The van der Waals surface area contributed by atoms with Crippen LogP contribution in [0.1, 0.15) is 18.9 Å². The number of hydrogen-bond acceptors (Lipinski definition) is 3. The summed E-state index contributed by atoms with van der Waals surface area (Å²) in [6.07, 6.45) is 3.90. The van der Waals surface area contributed by atoms with Crippen LogP contribution in [-0.4, -0.2) is 18.5 Å². The smallest absolute Gasteiger partial charge is 0.222 e. The molecule has 0 radical (unpaired) electrons. The van der Waals surface area contributed by atoms with Gasteiger partial charge in [0.2, 0.25) is 5.24 Å². The number of allylic oxidation sites excluding steroid dienone is 4. The zero-order chi connectivity index (χ0) is 16.7. The van der Waals surface area contributed by atoms with Gasteiger partial charge in [0.25, 0.3) is 0 Å². The van der Waals surface area contributed by atoms with Gasteiger partial charge in [-0.2, -0.15) is 0 Å². The molecule has 3 nitrogen and oxygen atoms in total. The van der Waals surface area contributed by atoms with Crippen LogP contribution in [0.15, 0.2) is 53.3 Å². The maximum Gasteiger partial charge on any atom is 0.222 e. The summed E-state index contributed by atoms with van der Waals surface area (Å²) in [5.74, 6) is 0.731. The molecular formula is C18H20Cl2O3. The highest BCUT2D eigenvalue weighted by Gasteiger charge is 2.27. The second-order valence-corrected chi connectivity index (χ2v) is 6.37. The summed E-state index contributed by atoms with van der Waals surface area (Å²) in [5.41, 5.74) is 1.12. The minimum atomic E-state index is -0.372. The number of rotatable bonds is 8. The van der Waals surface area contributed by atoms with Gasteiger partial charge in [0.05, 0.1) is 13.2 Å². The first-order chi connectivity index (χ1) is 11.1. The van der Waals surface area contributed by atoms with Crippen LogP contribution < -0.4 is 0 Å².